The third-order valence-electron chi connectivity index (χ3n) is 4.26. The summed E-state index contributed by atoms with van der Waals surface area (Å²) in [5, 5.41) is 10.9. The van der Waals surface area contributed by atoms with Crippen LogP contribution in [0.15, 0.2) is 18.2 Å². The first-order chi connectivity index (χ1) is 9.42. The van der Waals surface area contributed by atoms with Crippen LogP contribution in [-0.4, -0.2) is 23.5 Å². The summed E-state index contributed by atoms with van der Waals surface area (Å²) in [5.74, 6) is 0.891. The summed E-state index contributed by atoms with van der Waals surface area (Å²) in [5.41, 5.74) is -0.0924. The fraction of sp³-hybridized carbons (Fsp3) is 0.571. The molecule has 5 nitrogen and oxygen atoms in total. The lowest BCUT2D eigenvalue weighted by Gasteiger charge is -2.50. The average Bonchev–Trinajstić information content (AvgIpc) is 2.45. The van der Waals surface area contributed by atoms with Crippen molar-refractivity contribution >= 4 is 17.3 Å². The molecule has 1 aliphatic rings. The normalized spacial score (nSPS) is 28.6. The molecule has 0 radical (unpaired) electrons. The maximum Gasteiger partial charge on any atom is 0.273 e. The van der Waals surface area contributed by atoms with Crippen LogP contribution in [0.1, 0.15) is 26.7 Å². The smallest absolute Gasteiger partial charge is 0.273 e. The summed E-state index contributed by atoms with van der Waals surface area (Å²) >= 11 is 6.26. The molecule has 0 N–H and O–H groups in total. The van der Waals surface area contributed by atoms with Crippen LogP contribution in [0, 0.1) is 15.5 Å². The third-order valence-corrected chi connectivity index (χ3v) is 4.94. The fourth-order valence-electron chi connectivity index (χ4n) is 2.42. The SMILES string of the molecule is CCC1(C)C(Cl)CC1Oc1ccc([N+](=O)[O-])cc1OC. The van der Waals surface area contributed by atoms with Crippen molar-refractivity contribution < 1.29 is 14.4 Å². The molecular weight excluding hydrogens is 282 g/mol. The molecule has 1 fully saturated rings. The number of rotatable bonds is 5. The van der Waals surface area contributed by atoms with Gasteiger partial charge >= 0.3 is 0 Å². The van der Waals surface area contributed by atoms with Gasteiger partial charge in [-0.1, -0.05) is 13.8 Å². The molecule has 1 aromatic rings. The third kappa shape index (κ3) is 2.42. The van der Waals surface area contributed by atoms with E-state index in [0.29, 0.717) is 11.5 Å². The van der Waals surface area contributed by atoms with E-state index in [-0.39, 0.29) is 22.6 Å². The summed E-state index contributed by atoms with van der Waals surface area (Å²) < 4.78 is 11.1. The number of nitro benzene ring substituents is 1. The molecule has 0 spiro atoms. The molecule has 2 rings (SSSR count). The second kappa shape index (κ2) is 5.48. The number of methoxy groups -OCH3 is 1. The van der Waals surface area contributed by atoms with Crippen molar-refractivity contribution in [3.8, 4) is 11.5 Å². The lowest BCUT2D eigenvalue weighted by molar-refractivity contribution is -0.385. The van der Waals surface area contributed by atoms with E-state index in [9.17, 15) is 10.1 Å². The Kier molecular flexibility index (Phi) is 4.09. The van der Waals surface area contributed by atoms with E-state index in [2.05, 4.69) is 13.8 Å². The van der Waals surface area contributed by atoms with E-state index in [1.165, 1.54) is 19.2 Å². The van der Waals surface area contributed by atoms with Crippen molar-refractivity contribution in [1.29, 1.82) is 0 Å². The molecule has 0 aromatic heterocycles. The molecule has 0 saturated heterocycles. The number of nitro groups is 1. The van der Waals surface area contributed by atoms with Gasteiger partial charge in [0.1, 0.15) is 6.10 Å². The fourth-order valence-corrected chi connectivity index (χ4v) is 2.88. The zero-order chi connectivity index (χ0) is 14.9. The monoisotopic (exact) mass is 299 g/mol. The first-order valence-corrected chi connectivity index (χ1v) is 6.99. The summed E-state index contributed by atoms with van der Waals surface area (Å²) in [6, 6.07) is 4.36. The minimum Gasteiger partial charge on any atom is -0.493 e. The van der Waals surface area contributed by atoms with Crippen molar-refractivity contribution in [3.63, 3.8) is 0 Å². The highest BCUT2D eigenvalue weighted by Crippen LogP contribution is 2.50. The Bertz CT molecular complexity index is 522. The van der Waals surface area contributed by atoms with Crippen molar-refractivity contribution in [3.05, 3.63) is 28.3 Å². The van der Waals surface area contributed by atoms with Gasteiger partial charge in [-0.2, -0.15) is 0 Å². The van der Waals surface area contributed by atoms with Crippen LogP contribution < -0.4 is 9.47 Å². The Hall–Kier alpha value is -1.49. The second-order valence-electron chi connectivity index (χ2n) is 5.26. The standard InChI is InChI=1S/C14H18ClNO4/c1-4-14(2)12(15)8-13(14)20-10-6-5-9(16(17)18)7-11(10)19-3/h5-7,12-13H,4,8H2,1-3H3. The number of hydrogen-bond donors (Lipinski definition) is 0. The topological polar surface area (TPSA) is 61.6 Å². The number of halogens is 1. The molecule has 0 heterocycles. The first-order valence-electron chi connectivity index (χ1n) is 6.55. The Morgan fingerprint density at radius 1 is 1.50 bits per heavy atom. The van der Waals surface area contributed by atoms with Crippen LogP contribution in [0.5, 0.6) is 11.5 Å². The number of ether oxygens (including phenoxy) is 2. The van der Waals surface area contributed by atoms with Gasteiger partial charge in [0.15, 0.2) is 11.5 Å². The van der Waals surface area contributed by atoms with Gasteiger partial charge in [-0.25, -0.2) is 0 Å². The van der Waals surface area contributed by atoms with E-state index in [1.54, 1.807) is 6.07 Å². The van der Waals surface area contributed by atoms with E-state index in [0.717, 1.165) is 12.8 Å². The first kappa shape index (κ1) is 14.9. The summed E-state index contributed by atoms with van der Waals surface area (Å²) in [4.78, 5) is 10.3. The van der Waals surface area contributed by atoms with E-state index < -0.39 is 4.92 Å². The largest absolute Gasteiger partial charge is 0.493 e. The number of non-ortho nitro benzene ring substituents is 1. The molecule has 0 aliphatic heterocycles. The molecule has 3 unspecified atom stereocenters. The van der Waals surface area contributed by atoms with E-state index in [1.807, 2.05) is 0 Å². The van der Waals surface area contributed by atoms with Crippen LogP contribution in [0.3, 0.4) is 0 Å². The Labute approximate surface area is 123 Å². The molecule has 110 valence electrons. The molecule has 0 bridgehead atoms. The van der Waals surface area contributed by atoms with Crippen molar-refractivity contribution in [1.82, 2.24) is 0 Å². The highest BCUT2D eigenvalue weighted by atomic mass is 35.5. The van der Waals surface area contributed by atoms with Gasteiger partial charge in [0.05, 0.1) is 18.1 Å². The van der Waals surface area contributed by atoms with Crippen molar-refractivity contribution in [2.75, 3.05) is 7.11 Å². The molecular formula is C14H18ClNO4. The Morgan fingerprint density at radius 3 is 2.70 bits per heavy atom. The molecule has 1 aliphatic carbocycles. The van der Waals surface area contributed by atoms with Crippen LogP contribution in [-0.2, 0) is 0 Å². The summed E-state index contributed by atoms with van der Waals surface area (Å²) in [6.07, 6.45) is 1.69. The van der Waals surface area contributed by atoms with Gasteiger partial charge in [-0.15, -0.1) is 11.6 Å². The molecule has 20 heavy (non-hydrogen) atoms. The Balaban J connectivity index is 2.20. The van der Waals surface area contributed by atoms with Crippen LogP contribution in [0.25, 0.3) is 0 Å². The van der Waals surface area contributed by atoms with Gasteiger partial charge in [-0.05, 0) is 12.5 Å². The minimum atomic E-state index is -0.458. The Morgan fingerprint density at radius 2 is 2.20 bits per heavy atom. The van der Waals surface area contributed by atoms with Gasteiger partial charge in [0, 0.05) is 23.3 Å². The number of nitrogens with zero attached hydrogens (tertiary/aromatic N) is 1. The highest BCUT2D eigenvalue weighted by Gasteiger charge is 2.51. The van der Waals surface area contributed by atoms with Crippen LogP contribution >= 0.6 is 11.6 Å². The van der Waals surface area contributed by atoms with Crippen LogP contribution in [0.2, 0.25) is 0 Å². The van der Waals surface area contributed by atoms with E-state index >= 15 is 0 Å². The predicted molar refractivity (Wildman–Crippen MR) is 76.7 cm³/mol. The zero-order valence-electron chi connectivity index (χ0n) is 11.8. The van der Waals surface area contributed by atoms with Crippen LogP contribution in [0.4, 0.5) is 5.69 Å². The molecule has 1 saturated carbocycles. The van der Waals surface area contributed by atoms with Crippen molar-refractivity contribution in [2.45, 2.75) is 38.2 Å². The van der Waals surface area contributed by atoms with Gasteiger partial charge < -0.3 is 9.47 Å². The zero-order valence-corrected chi connectivity index (χ0v) is 12.5. The number of alkyl halides is 1. The molecule has 3 atom stereocenters. The maximum atomic E-state index is 10.8. The lowest BCUT2D eigenvalue weighted by Crippen LogP contribution is -2.55. The maximum absolute atomic E-state index is 10.8. The molecule has 6 heteroatoms. The molecule has 0 amide bonds. The van der Waals surface area contributed by atoms with Gasteiger partial charge in [0.2, 0.25) is 0 Å². The quantitative estimate of drug-likeness (QED) is 0.471. The summed E-state index contributed by atoms with van der Waals surface area (Å²) in [7, 11) is 1.47. The number of hydrogen-bond acceptors (Lipinski definition) is 4. The summed E-state index contributed by atoms with van der Waals surface area (Å²) in [6.45, 7) is 4.18. The minimum absolute atomic E-state index is 0.00496. The second-order valence-corrected chi connectivity index (χ2v) is 5.79. The number of benzene rings is 1. The molecule has 1 aromatic carbocycles. The van der Waals surface area contributed by atoms with E-state index in [4.69, 9.17) is 21.1 Å². The highest BCUT2D eigenvalue weighted by molar-refractivity contribution is 6.21. The van der Waals surface area contributed by atoms with Gasteiger partial charge in [-0.3, -0.25) is 10.1 Å². The van der Waals surface area contributed by atoms with Gasteiger partial charge in [0.25, 0.3) is 5.69 Å². The average molecular weight is 300 g/mol. The predicted octanol–water partition coefficient (Wildman–Crippen LogP) is 3.78. The van der Waals surface area contributed by atoms with Crippen molar-refractivity contribution in [2.24, 2.45) is 5.41 Å². The lowest BCUT2D eigenvalue weighted by atomic mass is 9.65.